The first kappa shape index (κ1) is 20.8. The molecule has 5 N–H and O–H groups in total. The van der Waals surface area contributed by atoms with Gasteiger partial charge in [0.25, 0.3) is 10.0 Å². The normalized spacial score (nSPS) is 18.3. The fraction of sp³-hybridized carbons (Fsp3) is 0.368. The maximum atomic E-state index is 12.8. The number of aliphatic imine (C=N–C) groups is 2. The number of hydrogen-bond acceptors (Lipinski definition) is 10. The molecule has 1 aliphatic heterocycles. The lowest BCUT2D eigenvalue weighted by Gasteiger charge is -2.45. The second-order valence-corrected chi connectivity index (χ2v) is 9.05. The van der Waals surface area contributed by atoms with Crippen molar-refractivity contribution in [1.29, 1.82) is 0 Å². The molecule has 1 aromatic carbocycles. The predicted molar refractivity (Wildman–Crippen MR) is 117 cm³/mol. The van der Waals surface area contributed by atoms with Gasteiger partial charge >= 0.3 is 0 Å². The first-order valence-corrected chi connectivity index (χ1v) is 11.3. The maximum absolute atomic E-state index is 12.8. The second kappa shape index (κ2) is 8.02. The molecule has 31 heavy (non-hydrogen) atoms. The van der Waals surface area contributed by atoms with E-state index in [1.54, 1.807) is 12.1 Å². The van der Waals surface area contributed by atoms with E-state index in [0.29, 0.717) is 5.69 Å². The largest absolute Gasteiger partial charge is 0.481 e. The minimum Gasteiger partial charge on any atom is -0.481 e. The fourth-order valence-corrected chi connectivity index (χ4v) is 4.97. The number of aromatic nitrogens is 2. The molecule has 2 heterocycles. The highest BCUT2D eigenvalue weighted by Gasteiger charge is 2.42. The number of nitrogens with one attached hydrogen (secondary N) is 1. The van der Waals surface area contributed by atoms with Gasteiger partial charge in [0.15, 0.2) is 0 Å². The SMILES string of the molecule is COc1cc(NS(=O)(=O)c2ccc(N3C(N)=NC(N)=NC34CCCCC4)cc2)ncn1. The van der Waals surface area contributed by atoms with Crippen molar-refractivity contribution >= 4 is 33.4 Å². The van der Waals surface area contributed by atoms with Crippen LogP contribution < -0.4 is 25.8 Å². The van der Waals surface area contributed by atoms with Crippen molar-refractivity contribution in [3.05, 3.63) is 36.7 Å². The third-order valence-electron chi connectivity index (χ3n) is 5.35. The molecule has 0 unspecified atom stereocenters. The lowest BCUT2D eigenvalue weighted by Crippen LogP contribution is -2.58. The third-order valence-corrected chi connectivity index (χ3v) is 6.72. The molecule has 11 nitrogen and oxygen atoms in total. The summed E-state index contributed by atoms with van der Waals surface area (Å²) in [6.07, 6.45) is 5.92. The van der Waals surface area contributed by atoms with Crippen LogP contribution in [0.15, 0.2) is 51.5 Å². The van der Waals surface area contributed by atoms with Crippen molar-refractivity contribution in [1.82, 2.24) is 9.97 Å². The van der Waals surface area contributed by atoms with Crippen LogP contribution in [0.5, 0.6) is 5.88 Å². The van der Waals surface area contributed by atoms with Gasteiger partial charge in [-0.25, -0.2) is 23.4 Å². The summed E-state index contributed by atoms with van der Waals surface area (Å²) in [5, 5.41) is 0. The van der Waals surface area contributed by atoms with Crippen LogP contribution in [-0.4, -0.2) is 43.1 Å². The lowest BCUT2D eigenvalue weighted by atomic mass is 9.87. The van der Waals surface area contributed by atoms with Gasteiger partial charge in [-0.1, -0.05) is 6.42 Å². The first-order chi connectivity index (χ1) is 14.8. The Morgan fingerprint density at radius 1 is 1.10 bits per heavy atom. The van der Waals surface area contributed by atoms with Gasteiger partial charge < -0.3 is 16.2 Å². The van der Waals surface area contributed by atoms with Crippen molar-refractivity contribution in [3.8, 4) is 5.88 Å². The minimum absolute atomic E-state index is 0.0714. The molecule has 2 aromatic rings. The van der Waals surface area contributed by atoms with Crippen LogP contribution in [0.4, 0.5) is 11.5 Å². The third kappa shape index (κ3) is 4.10. The average Bonchev–Trinajstić information content (AvgIpc) is 2.74. The van der Waals surface area contributed by atoms with E-state index in [9.17, 15) is 8.42 Å². The minimum atomic E-state index is -3.86. The Balaban J connectivity index is 1.62. The quantitative estimate of drug-likeness (QED) is 0.623. The van der Waals surface area contributed by atoms with E-state index in [2.05, 4.69) is 24.7 Å². The van der Waals surface area contributed by atoms with E-state index in [-0.39, 0.29) is 28.5 Å². The van der Waals surface area contributed by atoms with E-state index in [0.717, 1.165) is 32.1 Å². The zero-order valence-corrected chi connectivity index (χ0v) is 17.8. The number of sulfonamides is 1. The van der Waals surface area contributed by atoms with E-state index in [1.165, 1.54) is 31.6 Å². The monoisotopic (exact) mass is 444 g/mol. The molecular weight excluding hydrogens is 420 g/mol. The van der Waals surface area contributed by atoms with Crippen molar-refractivity contribution in [2.45, 2.75) is 42.7 Å². The number of ether oxygens (including phenoxy) is 1. The Morgan fingerprint density at radius 2 is 1.81 bits per heavy atom. The van der Waals surface area contributed by atoms with Crippen molar-refractivity contribution in [2.75, 3.05) is 16.7 Å². The highest BCUT2D eigenvalue weighted by atomic mass is 32.2. The van der Waals surface area contributed by atoms with E-state index < -0.39 is 15.7 Å². The van der Waals surface area contributed by atoms with E-state index >= 15 is 0 Å². The number of methoxy groups -OCH3 is 1. The Morgan fingerprint density at radius 3 is 2.48 bits per heavy atom. The smallest absolute Gasteiger partial charge is 0.263 e. The van der Waals surface area contributed by atoms with Crippen molar-refractivity contribution < 1.29 is 13.2 Å². The number of nitrogens with two attached hydrogens (primary N) is 2. The average molecular weight is 445 g/mol. The summed E-state index contributed by atoms with van der Waals surface area (Å²) >= 11 is 0. The molecule has 1 aliphatic carbocycles. The molecular formula is C19H24N8O3S. The summed E-state index contributed by atoms with van der Waals surface area (Å²) in [5.74, 6) is 0.769. The number of rotatable bonds is 5. The van der Waals surface area contributed by atoms with Crippen LogP contribution in [0.2, 0.25) is 0 Å². The van der Waals surface area contributed by atoms with Crippen LogP contribution in [0.1, 0.15) is 32.1 Å². The van der Waals surface area contributed by atoms with Crippen LogP contribution in [0, 0.1) is 0 Å². The summed E-state index contributed by atoms with van der Waals surface area (Å²) in [7, 11) is -2.43. The van der Waals surface area contributed by atoms with E-state index in [1.807, 2.05) is 4.90 Å². The van der Waals surface area contributed by atoms with Gasteiger partial charge in [0, 0.05) is 11.8 Å². The molecule has 0 saturated heterocycles. The number of benzene rings is 1. The Kier molecular flexibility index (Phi) is 5.39. The zero-order valence-electron chi connectivity index (χ0n) is 17.0. The molecule has 12 heteroatoms. The van der Waals surface area contributed by atoms with Gasteiger partial charge in [0.2, 0.25) is 17.8 Å². The number of nitrogens with zero attached hydrogens (tertiary/aromatic N) is 5. The van der Waals surface area contributed by atoms with E-state index in [4.69, 9.17) is 16.2 Å². The van der Waals surface area contributed by atoms with Gasteiger partial charge in [-0.05, 0) is 49.9 Å². The molecule has 0 atom stereocenters. The highest BCUT2D eigenvalue weighted by molar-refractivity contribution is 7.92. The molecule has 1 aromatic heterocycles. The molecule has 2 aliphatic rings. The second-order valence-electron chi connectivity index (χ2n) is 7.36. The fourth-order valence-electron chi connectivity index (χ4n) is 3.97. The molecule has 0 bridgehead atoms. The van der Waals surface area contributed by atoms with Crippen LogP contribution in [0.25, 0.3) is 0 Å². The molecule has 0 radical (unpaired) electrons. The molecule has 4 rings (SSSR count). The first-order valence-electron chi connectivity index (χ1n) is 9.82. The molecule has 1 fully saturated rings. The Bertz CT molecular complexity index is 1130. The Labute approximate surface area is 180 Å². The predicted octanol–water partition coefficient (Wildman–Crippen LogP) is 1.40. The number of hydrogen-bond donors (Lipinski definition) is 3. The van der Waals surface area contributed by atoms with Gasteiger partial charge in [-0.2, -0.15) is 4.99 Å². The van der Waals surface area contributed by atoms with Crippen molar-refractivity contribution in [3.63, 3.8) is 0 Å². The summed E-state index contributed by atoms with van der Waals surface area (Å²) in [6.45, 7) is 0. The summed E-state index contributed by atoms with van der Waals surface area (Å²) < 4.78 is 33.0. The molecule has 1 spiro atoms. The summed E-state index contributed by atoms with van der Waals surface area (Å²) in [5.41, 5.74) is 12.2. The number of anilines is 2. The topological polar surface area (TPSA) is 161 Å². The van der Waals surface area contributed by atoms with Gasteiger partial charge in [-0.15, -0.1) is 0 Å². The highest BCUT2D eigenvalue weighted by Crippen LogP contribution is 2.39. The molecule has 0 amide bonds. The summed E-state index contributed by atoms with van der Waals surface area (Å²) in [4.78, 5) is 18.4. The van der Waals surface area contributed by atoms with Crippen LogP contribution >= 0.6 is 0 Å². The lowest BCUT2D eigenvalue weighted by molar-refractivity contribution is 0.305. The van der Waals surface area contributed by atoms with Crippen LogP contribution in [0.3, 0.4) is 0 Å². The summed E-state index contributed by atoms with van der Waals surface area (Å²) in [6, 6.07) is 7.77. The van der Waals surface area contributed by atoms with Gasteiger partial charge in [0.05, 0.1) is 12.0 Å². The van der Waals surface area contributed by atoms with Gasteiger partial charge in [0.1, 0.15) is 17.8 Å². The Hall–Kier alpha value is -3.41. The zero-order chi connectivity index (χ0) is 22.1. The van der Waals surface area contributed by atoms with Gasteiger partial charge in [-0.3, -0.25) is 9.62 Å². The molecule has 164 valence electrons. The number of guanidine groups is 2. The van der Waals surface area contributed by atoms with Crippen molar-refractivity contribution in [2.24, 2.45) is 21.5 Å². The maximum Gasteiger partial charge on any atom is 0.263 e. The standard InChI is InChI=1S/C19H24N8O3S/c1-30-16-11-15(22-12-23-16)26-31(28,29)14-7-5-13(6-8-14)27-18(21)24-17(20)25-19(27)9-3-2-4-10-19/h5-8,11-12H,2-4,9-10H2,1H3,(H,22,23,26)(H4,20,21,24,25). The van der Waals surface area contributed by atoms with Crippen LogP contribution in [-0.2, 0) is 10.0 Å². The molecule has 1 saturated carbocycles.